The van der Waals surface area contributed by atoms with Gasteiger partial charge in [0.15, 0.2) is 0 Å². The van der Waals surface area contributed by atoms with E-state index in [1.165, 1.54) is 22.2 Å². The van der Waals surface area contributed by atoms with E-state index in [2.05, 4.69) is 5.32 Å². The summed E-state index contributed by atoms with van der Waals surface area (Å²) in [6, 6.07) is 4.35. The molecular weight excluding hydrogens is 354 g/mol. The van der Waals surface area contributed by atoms with E-state index in [-0.39, 0.29) is 22.8 Å². The van der Waals surface area contributed by atoms with Gasteiger partial charge in [-0.15, -0.1) is 0 Å². The first-order valence-electron chi connectivity index (χ1n) is 9.02. The van der Waals surface area contributed by atoms with Crippen molar-refractivity contribution in [2.45, 2.75) is 57.0 Å². The number of nitrogens with zero attached hydrogens (tertiary/aromatic N) is 2. The minimum Gasteiger partial charge on any atom is -0.352 e. The Morgan fingerprint density at radius 3 is 2.42 bits per heavy atom. The number of benzene rings is 1. The van der Waals surface area contributed by atoms with Crippen LogP contribution in [0.5, 0.6) is 0 Å². The number of fused-ring (bicyclic) bond motifs is 1. The van der Waals surface area contributed by atoms with Crippen LogP contribution in [0, 0.1) is 0 Å². The molecule has 0 saturated heterocycles. The zero-order valence-electron chi connectivity index (χ0n) is 15.4. The zero-order valence-corrected chi connectivity index (χ0v) is 16.2. The minimum absolute atomic E-state index is 0.174. The van der Waals surface area contributed by atoms with Crippen molar-refractivity contribution >= 4 is 27.5 Å². The van der Waals surface area contributed by atoms with E-state index in [4.69, 9.17) is 0 Å². The highest BCUT2D eigenvalue weighted by Crippen LogP contribution is 2.35. The fourth-order valence-corrected chi connectivity index (χ4v) is 4.93. The molecule has 0 unspecified atom stereocenters. The summed E-state index contributed by atoms with van der Waals surface area (Å²) in [6.07, 6.45) is 2.27. The molecule has 1 N–H and O–H groups in total. The summed E-state index contributed by atoms with van der Waals surface area (Å²) in [7, 11) is -3.58. The Balaban J connectivity index is 1.93. The first kappa shape index (κ1) is 18.8. The Labute approximate surface area is 154 Å². The number of hydrogen-bond acceptors (Lipinski definition) is 4. The Hall–Kier alpha value is -1.93. The molecule has 1 atom stereocenters. The molecule has 0 bridgehead atoms. The average Bonchev–Trinajstić information content (AvgIpc) is 3.31. The summed E-state index contributed by atoms with van der Waals surface area (Å²) in [5.74, 6) is -0.397. The predicted octanol–water partition coefficient (Wildman–Crippen LogP) is 1.27. The van der Waals surface area contributed by atoms with Crippen molar-refractivity contribution in [2.75, 3.05) is 18.0 Å². The summed E-state index contributed by atoms with van der Waals surface area (Å²) in [5.41, 5.74) is 1.33. The SMILES string of the molecule is CCN(CC)S(=O)(=O)c1ccc2c(c1)C[C@H](C(=O)NC1CC1)N2C(C)=O. The molecule has 1 fully saturated rings. The molecule has 1 aromatic rings. The van der Waals surface area contributed by atoms with Crippen LogP contribution in [0.25, 0.3) is 0 Å². The van der Waals surface area contributed by atoms with E-state index in [1.54, 1.807) is 26.0 Å². The molecule has 7 nitrogen and oxygen atoms in total. The van der Waals surface area contributed by atoms with Crippen molar-refractivity contribution in [3.05, 3.63) is 23.8 Å². The van der Waals surface area contributed by atoms with Gasteiger partial charge in [-0.2, -0.15) is 4.31 Å². The maximum atomic E-state index is 12.7. The van der Waals surface area contributed by atoms with Gasteiger partial charge in [0.25, 0.3) is 0 Å². The van der Waals surface area contributed by atoms with Crippen molar-refractivity contribution in [1.29, 1.82) is 0 Å². The third-order valence-corrected chi connectivity index (χ3v) is 6.99. The van der Waals surface area contributed by atoms with Crippen LogP contribution in [-0.2, 0) is 26.0 Å². The molecule has 3 rings (SSSR count). The van der Waals surface area contributed by atoms with Crippen LogP contribution in [-0.4, -0.2) is 49.7 Å². The molecule has 2 aliphatic rings. The fraction of sp³-hybridized carbons (Fsp3) is 0.556. The van der Waals surface area contributed by atoms with Gasteiger partial charge in [0.2, 0.25) is 21.8 Å². The van der Waals surface area contributed by atoms with E-state index < -0.39 is 16.1 Å². The van der Waals surface area contributed by atoms with Gasteiger partial charge in [0.1, 0.15) is 6.04 Å². The smallest absolute Gasteiger partial charge is 0.243 e. The molecule has 1 heterocycles. The standard InChI is InChI=1S/C18H25N3O4S/c1-4-20(5-2)26(24,25)15-8-9-16-13(10-15)11-17(21(16)12(3)22)18(23)19-14-6-7-14/h8-10,14,17H,4-7,11H2,1-3H3,(H,19,23)/t17-/m1/s1. The number of carbonyl (C=O) groups is 2. The molecule has 0 aromatic heterocycles. The van der Waals surface area contributed by atoms with Crippen LogP contribution in [0.2, 0.25) is 0 Å². The summed E-state index contributed by atoms with van der Waals surface area (Å²) in [5, 5.41) is 2.94. The quantitative estimate of drug-likeness (QED) is 0.806. The van der Waals surface area contributed by atoms with E-state index in [0.29, 0.717) is 30.8 Å². The summed E-state index contributed by atoms with van der Waals surface area (Å²) in [4.78, 5) is 26.3. The number of hydrogen-bond donors (Lipinski definition) is 1. The Morgan fingerprint density at radius 2 is 1.88 bits per heavy atom. The van der Waals surface area contributed by atoms with Gasteiger partial charge in [0.05, 0.1) is 4.90 Å². The van der Waals surface area contributed by atoms with E-state index in [1.807, 2.05) is 0 Å². The van der Waals surface area contributed by atoms with Crippen LogP contribution in [0.4, 0.5) is 5.69 Å². The number of amides is 2. The van der Waals surface area contributed by atoms with E-state index in [0.717, 1.165) is 12.8 Å². The lowest BCUT2D eigenvalue weighted by molar-refractivity contribution is -0.125. The van der Waals surface area contributed by atoms with Crippen LogP contribution in [0.1, 0.15) is 39.2 Å². The van der Waals surface area contributed by atoms with Gasteiger partial charge in [-0.1, -0.05) is 13.8 Å². The Bertz CT molecular complexity index is 829. The third kappa shape index (κ3) is 3.35. The minimum atomic E-state index is -3.58. The van der Waals surface area contributed by atoms with E-state index in [9.17, 15) is 18.0 Å². The van der Waals surface area contributed by atoms with Gasteiger partial charge >= 0.3 is 0 Å². The highest BCUT2D eigenvalue weighted by atomic mass is 32.2. The normalized spacial score (nSPS) is 19.5. The van der Waals surface area contributed by atoms with Gasteiger partial charge in [0, 0.05) is 38.2 Å². The van der Waals surface area contributed by atoms with Crippen molar-refractivity contribution in [3.63, 3.8) is 0 Å². The van der Waals surface area contributed by atoms with Crippen LogP contribution in [0.15, 0.2) is 23.1 Å². The molecule has 1 aliphatic heterocycles. The van der Waals surface area contributed by atoms with Gasteiger partial charge in [-0.3, -0.25) is 14.5 Å². The highest BCUT2D eigenvalue weighted by Gasteiger charge is 2.39. The summed E-state index contributed by atoms with van der Waals surface area (Å²) < 4.78 is 26.9. The molecule has 26 heavy (non-hydrogen) atoms. The maximum absolute atomic E-state index is 12.7. The molecule has 2 amide bonds. The van der Waals surface area contributed by atoms with Crippen LogP contribution < -0.4 is 10.2 Å². The van der Waals surface area contributed by atoms with Crippen molar-refractivity contribution in [2.24, 2.45) is 0 Å². The predicted molar refractivity (Wildman–Crippen MR) is 98.4 cm³/mol. The number of anilines is 1. The van der Waals surface area contributed by atoms with Crippen molar-refractivity contribution in [3.8, 4) is 0 Å². The molecule has 1 aromatic carbocycles. The molecular formula is C18H25N3O4S. The largest absolute Gasteiger partial charge is 0.352 e. The summed E-state index contributed by atoms with van der Waals surface area (Å²) in [6.45, 7) is 5.80. The topological polar surface area (TPSA) is 86.8 Å². The van der Waals surface area contributed by atoms with Crippen LogP contribution >= 0.6 is 0 Å². The average molecular weight is 379 g/mol. The Kier molecular flexibility index (Phi) is 5.07. The number of rotatable bonds is 6. The molecule has 1 saturated carbocycles. The fourth-order valence-electron chi connectivity index (χ4n) is 3.43. The van der Waals surface area contributed by atoms with Crippen LogP contribution in [0.3, 0.4) is 0 Å². The third-order valence-electron chi connectivity index (χ3n) is 4.94. The number of sulfonamides is 1. The van der Waals surface area contributed by atoms with Gasteiger partial charge < -0.3 is 5.32 Å². The molecule has 1 aliphatic carbocycles. The molecule has 8 heteroatoms. The zero-order chi connectivity index (χ0) is 19.1. The molecule has 0 spiro atoms. The Morgan fingerprint density at radius 1 is 1.23 bits per heavy atom. The monoisotopic (exact) mass is 379 g/mol. The first-order chi connectivity index (χ1) is 12.3. The lowest BCUT2D eigenvalue weighted by Crippen LogP contribution is -2.47. The second kappa shape index (κ2) is 7.00. The van der Waals surface area contributed by atoms with Gasteiger partial charge in [-0.25, -0.2) is 8.42 Å². The summed E-state index contributed by atoms with van der Waals surface area (Å²) >= 11 is 0. The number of carbonyl (C=O) groups excluding carboxylic acids is 2. The first-order valence-corrected chi connectivity index (χ1v) is 10.5. The van der Waals surface area contributed by atoms with E-state index >= 15 is 0 Å². The van der Waals surface area contributed by atoms with Crippen molar-refractivity contribution in [1.82, 2.24) is 9.62 Å². The molecule has 142 valence electrons. The lowest BCUT2D eigenvalue weighted by atomic mass is 10.1. The second-order valence-electron chi connectivity index (χ2n) is 6.77. The number of nitrogens with one attached hydrogen (secondary N) is 1. The maximum Gasteiger partial charge on any atom is 0.243 e. The lowest BCUT2D eigenvalue weighted by Gasteiger charge is -2.23. The molecule has 0 radical (unpaired) electrons. The second-order valence-corrected chi connectivity index (χ2v) is 8.71. The van der Waals surface area contributed by atoms with Crippen molar-refractivity contribution < 1.29 is 18.0 Å². The van der Waals surface area contributed by atoms with Gasteiger partial charge in [-0.05, 0) is 36.6 Å². The highest BCUT2D eigenvalue weighted by molar-refractivity contribution is 7.89.